The highest BCUT2D eigenvalue weighted by atomic mass is 16.8. The molecule has 0 radical (unpaired) electrons. The van der Waals surface area contributed by atoms with Crippen molar-refractivity contribution in [1.82, 2.24) is 0 Å². The lowest BCUT2D eigenvalue weighted by molar-refractivity contribution is -0.522. The summed E-state index contributed by atoms with van der Waals surface area (Å²) in [6, 6.07) is 0. The molecule has 1 unspecified atom stereocenters. The van der Waals surface area contributed by atoms with Gasteiger partial charge in [0, 0.05) is 18.4 Å². The third kappa shape index (κ3) is 4.44. The molecule has 38 heavy (non-hydrogen) atoms. The Morgan fingerprint density at radius 3 is 2.39 bits per heavy atom. The highest BCUT2D eigenvalue weighted by Gasteiger charge is 2.71. The van der Waals surface area contributed by atoms with Gasteiger partial charge in [0.05, 0.1) is 12.7 Å². The van der Waals surface area contributed by atoms with Crippen LogP contribution in [0.3, 0.4) is 0 Å². The summed E-state index contributed by atoms with van der Waals surface area (Å²) in [6.45, 7) is 14.9. The number of carbonyl (C=O) groups excluding carboxylic acids is 1. The molecule has 0 aromatic carbocycles. The number of aliphatic hydroxyl groups is 3. The van der Waals surface area contributed by atoms with Gasteiger partial charge in [0.25, 0.3) is 0 Å². The largest absolute Gasteiger partial charge is 0.392 e. The van der Waals surface area contributed by atoms with Crippen LogP contribution in [0.15, 0.2) is 23.8 Å². The monoisotopic (exact) mass is 534 g/mol. The highest BCUT2D eigenvalue weighted by molar-refractivity contribution is 5.98. The number of allylic oxidation sites excluding steroid dienone is 1. The summed E-state index contributed by atoms with van der Waals surface area (Å²) < 4.78 is 24.2. The smallest absolute Gasteiger partial charge is 0.200 e. The van der Waals surface area contributed by atoms with Crippen LogP contribution in [-0.4, -0.2) is 69.5 Å². The fourth-order valence-corrected chi connectivity index (χ4v) is 7.96. The van der Waals surface area contributed by atoms with Crippen LogP contribution in [0.25, 0.3) is 0 Å². The first-order valence-corrected chi connectivity index (χ1v) is 14.3. The molecule has 1 spiro atoms. The van der Waals surface area contributed by atoms with Gasteiger partial charge in [-0.3, -0.25) is 4.79 Å². The van der Waals surface area contributed by atoms with Crippen molar-refractivity contribution in [3.05, 3.63) is 23.8 Å². The molecule has 0 aromatic heterocycles. The van der Waals surface area contributed by atoms with Crippen LogP contribution in [0.5, 0.6) is 0 Å². The van der Waals surface area contributed by atoms with E-state index in [1.807, 2.05) is 20.8 Å². The van der Waals surface area contributed by atoms with Crippen LogP contribution >= 0.6 is 0 Å². The molecule has 6 fully saturated rings. The van der Waals surface area contributed by atoms with Crippen LogP contribution in [0.2, 0.25) is 0 Å². The second kappa shape index (κ2) is 9.47. The Morgan fingerprint density at radius 1 is 1.05 bits per heavy atom. The van der Waals surface area contributed by atoms with Crippen LogP contribution in [0.4, 0.5) is 0 Å². The SMILES string of the molecule is C=C1C[C@H](O)[C@@H](CC[C@@H]2CC[C@]3(OC2)O[C@]2(O)CC[C@@]3(C)OC2(C)C)C(C)(C)[C@H]1C/C=C1\C(=O)COC1O. The lowest BCUT2D eigenvalue weighted by atomic mass is 9.57. The van der Waals surface area contributed by atoms with Crippen LogP contribution < -0.4 is 0 Å². The molecule has 8 heteroatoms. The number of Topliss-reactive ketones (excluding diaryl/α,β-unsaturated/α-hetero) is 1. The minimum atomic E-state index is -1.36. The van der Waals surface area contributed by atoms with Crippen LogP contribution in [0, 0.1) is 23.2 Å². The highest BCUT2D eigenvalue weighted by Crippen LogP contribution is 2.59. The number of hydrogen-bond acceptors (Lipinski definition) is 8. The Hall–Kier alpha value is -1.13. The predicted octanol–water partition coefficient (Wildman–Crippen LogP) is 3.77. The molecule has 0 amide bonds. The lowest BCUT2D eigenvalue weighted by Crippen LogP contribution is -2.78. The molecule has 1 aliphatic carbocycles. The Bertz CT molecular complexity index is 992. The second-order valence-electron chi connectivity index (χ2n) is 13.7. The van der Waals surface area contributed by atoms with Crippen LogP contribution in [-0.2, 0) is 23.7 Å². The summed E-state index contributed by atoms with van der Waals surface area (Å²) in [4.78, 5) is 12.1. The van der Waals surface area contributed by atoms with E-state index >= 15 is 0 Å². The van der Waals surface area contributed by atoms with Gasteiger partial charge >= 0.3 is 0 Å². The zero-order valence-electron chi connectivity index (χ0n) is 23.6. The Morgan fingerprint density at radius 2 is 1.79 bits per heavy atom. The van der Waals surface area contributed by atoms with Crippen molar-refractivity contribution in [3.8, 4) is 0 Å². The van der Waals surface area contributed by atoms with Crippen molar-refractivity contribution in [1.29, 1.82) is 0 Å². The molecule has 2 bridgehead atoms. The minimum Gasteiger partial charge on any atom is -0.392 e. The van der Waals surface area contributed by atoms with E-state index in [9.17, 15) is 20.1 Å². The molecule has 5 aliphatic heterocycles. The van der Waals surface area contributed by atoms with Gasteiger partial charge in [0.1, 0.15) is 17.8 Å². The molecule has 3 N–H and O–H groups in total. The summed E-state index contributed by atoms with van der Waals surface area (Å²) in [5, 5.41) is 32.2. The summed E-state index contributed by atoms with van der Waals surface area (Å²) in [5.74, 6) is -1.98. The molecule has 6 rings (SSSR count). The van der Waals surface area contributed by atoms with Gasteiger partial charge in [-0.15, -0.1) is 0 Å². The first-order chi connectivity index (χ1) is 17.6. The van der Waals surface area contributed by atoms with Gasteiger partial charge in [0.2, 0.25) is 5.79 Å². The normalized spacial score (nSPS) is 47.3. The average Bonchev–Trinajstić information content (AvgIpc) is 3.13. The van der Waals surface area contributed by atoms with Gasteiger partial charge in [-0.2, -0.15) is 0 Å². The molecular formula is C30H46O8. The van der Waals surface area contributed by atoms with E-state index in [0.29, 0.717) is 50.2 Å². The maximum atomic E-state index is 12.1. The van der Waals surface area contributed by atoms with Crippen molar-refractivity contribution >= 4 is 5.78 Å². The third-order valence-corrected chi connectivity index (χ3v) is 10.6. The minimum absolute atomic E-state index is 0.0667. The summed E-state index contributed by atoms with van der Waals surface area (Å²) in [7, 11) is 0. The fraction of sp³-hybridized carbons (Fsp3) is 0.833. The molecule has 214 valence electrons. The summed E-state index contributed by atoms with van der Waals surface area (Å²) in [5.41, 5.74) is -0.319. The molecule has 5 heterocycles. The molecule has 8 nitrogen and oxygen atoms in total. The lowest BCUT2D eigenvalue weighted by Gasteiger charge is -2.66. The number of hydrogen-bond donors (Lipinski definition) is 3. The van der Waals surface area contributed by atoms with Gasteiger partial charge in [-0.25, -0.2) is 0 Å². The molecule has 0 aromatic rings. The van der Waals surface area contributed by atoms with Crippen molar-refractivity contribution in [2.45, 2.75) is 121 Å². The third-order valence-electron chi connectivity index (χ3n) is 10.6. The van der Waals surface area contributed by atoms with E-state index < -0.39 is 35.2 Å². The maximum Gasteiger partial charge on any atom is 0.200 e. The number of ether oxygens (including phenoxy) is 4. The molecule has 8 atom stereocenters. The van der Waals surface area contributed by atoms with E-state index in [4.69, 9.17) is 18.9 Å². The second-order valence-corrected chi connectivity index (χ2v) is 13.7. The zero-order valence-corrected chi connectivity index (χ0v) is 23.6. The maximum absolute atomic E-state index is 12.1. The Kier molecular flexibility index (Phi) is 7.08. The van der Waals surface area contributed by atoms with Gasteiger partial charge in [-0.05, 0) is 82.5 Å². The van der Waals surface area contributed by atoms with Gasteiger partial charge < -0.3 is 34.3 Å². The zero-order chi connectivity index (χ0) is 27.7. The molecule has 1 saturated carbocycles. The predicted molar refractivity (Wildman–Crippen MR) is 140 cm³/mol. The van der Waals surface area contributed by atoms with E-state index in [-0.39, 0.29) is 29.6 Å². The number of fused-ring (bicyclic) bond motifs is 2. The molecule has 5 saturated heterocycles. The van der Waals surface area contributed by atoms with Crippen molar-refractivity contribution in [2.24, 2.45) is 23.2 Å². The number of aliphatic hydroxyl groups excluding tert-OH is 2. The first-order valence-electron chi connectivity index (χ1n) is 14.3. The standard InChI is InChI=1S/C30H46O8/c1-18-15-23(31)22(26(2,3)21(18)10-8-20-24(32)17-35-25(20)33)9-7-19-11-12-30(36-16-19)28(6)13-14-29(34,38-30)27(4,5)37-28/h8,19,21-23,25,31,33-34H,1,7,9-17H2,2-6H3/b20-8+/t19-,21+,22-,23+,25?,28-,29-,30+/m1/s1. The van der Waals surface area contributed by atoms with E-state index in [1.54, 1.807) is 6.08 Å². The van der Waals surface area contributed by atoms with E-state index in [2.05, 4.69) is 20.4 Å². The van der Waals surface area contributed by atoms with Crippen molar-refractivity contribution in [2.75, 3.05) is 13.2 Å². The quantitative estimate of drug-likeness (QED) is 0.361. The van der Waals surface area contributed by atoms with E-state index in [1.165, 1.54) is 0 Å². The molecular weight excluding hydrogens is 488 g/mol. The first kappa shape index (κ1) is 28.4. The summed E-state index contributed by atoms with van der Waals surface area (Å²) >= 11 is 0. The fourth-order valence-electron chi connectivity index (χ4n) is 7.96. The van der Waals surface area contributed by atoms with Crippen molar-refractivity contribution < 1.29 is 39.1 Å². The number of rotatable bonds is 5. The Labute approximate surface area is 226 Å². The van der Waals surface area contributed by atoms with Crippen LogP contribution in [0.1, 0.15) is 86.0 Å². The van der Waals surface area contributed by atoms with Gasteiger partial charge in [0.15, 0.2) is 17.9 Å². The molecule has 6 aliphatic rings. The van der Waals surface area contributed by atoms with E-state index in [0.717, 1.165) is 24.8 Å². The average molecular weight is 535 g/mol. The van der Waals surface area contributed by atoms with Gasteiger partial charge in [-0.1, -0.05) is 32.1 Å². The number of ketones is 1. The Balaban J connectivity index is 1.21. The van der Waals surface area contributed by atoms with Crippen molar-refractivity contribution in [3.63, 3.8) is 0 Å². The number of carbonyl (C=O) groups is 1. The summed E-state index contributed by atoms with van der Waals surface area (Å²) in [6.07, 6.45) is 5.86. The topological polar surface area (TPSA) is 115 Å².